The van der Waals surface area contributed by atoms with E-state index in [2.05, 4.69) is 28.3 Å². The number of nitrogens with zero attached hydrogens (tertiary/aromatic N) is 3. The molecule has 2 rings (SSSR count). The van der Waals surface area contributed by atoms with E-state index in [1.165, 1.54) is 5.69 Å². The fourth-order valence-electron chi connectivity index (χ4n) is 2.23. The summed E-state index contributed by atoms with van der Waals surface area (Å²) >= 11 is 0. The van der Waals surface area contributed by atoms with Gasteiger partial charge in [0.15, 0.2) is 0 Å². The standard InChI is InChI=1S/C12H21N3O/c1-9(2)14-5-6-15-10(8-14)7-13-11(15)12(3,4)16/h7,9,16H,5-6,8H2,1-4H3. The molecule has 0 aromatic carbocycles. The summed E-state index contributed by atoms with van der Waals surface area (Å²) in [4.78, 5) is 6.77. The summed E-state index contributed by atoms with van der Waals surface area (Å²) in [5.41, 5.74) is 0.357. The van der Waals surface area contributed by atoms with Crippen LogP contribution in [0.4, 0.5) is 0 Å². The van der Waals surface area contributed by atoms with Crippen molar-refractivity contribution in [2.75, 3.05) is 6.54 Å². The van der Waals surface area contributed by atoms with Gasteiger partial charge in [0.05, 0.1) is 5.69 Å². The zero-order valence-corrected chi connectivity index (χ0v) is 10.6. The number of rotatable bonds is 2. The van der Waals surface area contributed by atoms with E-state index in [9.17, 15) is 5.11 Å². The van der Waals surface area contributed by atoms with E-state index in [4.69, 9.17) is 0 Å². The summed E-state index contributed by atoms with van der Waals surface area (Å²) < 4.78 is 2.15. The van der Waals surface area contributed by atoms with Gasteiger partial charge >= 0.3 is 0 Å². The van der Waals surface area contributed by atoms with Gasteiger partial charge in [-0.05, 0) is 27.7 Å². The van der Waals surface area contributed by atoms with E-state index >= 15 is 0 Å². The molecule has 4 nitrogen and oxygen atoms in total. The number of fused-ring (bicyclic) bond motifs is 1. The van der Waals surface area contributed by atoms with Gasteiger partial charge in [0, 0.05) is 31.9 Å². The molecule has 1 aliphatic rings. The van der Waals surface area contributed by atoms with E-state index < -0.39 is 5.60 Å². The quantitative estimate of drug-likeness (QED) is 0.822. The number of aliphatic hydroxyl groups is 1. The Kier molecular flexibility index (Phi) is 2.80. The summed E-state index contributed by atoms with van der Waals surface area (Å²) in [7, 11) is 0. The molecule has 0 bridgehead atoms. The Balaban J connectivity index is 2.27. The Bertz CT molecular complexity index is 376. The Morgan fingerprint density at radius 3 is 2.62 bits per heavy atom. The molecule has 0 fully saturated rings. The highest BCUT2D eigenvalue weighted by Crippen LogP contribution is 2.23. The van der Waals surface area contributed by atoms with Crippen LogP contribution >= 0.6 is 0 Å². The van der Waals surface area contributed by atoms with E-state index in [1.54, 1.807) is 13.8 Å². The molecule has 0 atom stereocenters. The average molecular weight is 223 g/mol. The summed E-state index contributed by atoms with van der Waals surface area (Å²) in [5, 5.41) is 10.0. The predicted molar refractivity (Wildman–Crippen MR) is 63.0 cm³/mol. The first-order valence-corrected chi connectivity index (χ1v) is 5.91. The van der Waals surface area contributed by atoms with Crippen LogP contribution < -0.4 is 0 Å². The first kappa shape index (κ1) is 11.6. The fourth-order valence-corrected chi connectivity index (χ4v) is 2.23. The molecule has 0 saturated carbocycles. The van der Waals surface area contributed by atoms with Crippen LogP contribution in [0.25, 0.3) is 0 Å². The molecule has 0 spiro atoms. The van der Waals surface area contributed by atoms with Gasteiger partial charge in [0.2, 0.25) is 0 Å². The van der Waals surface area contributed by atoms with Crippen molar-refractivity contribution in [2.45, 2.75) is 52.4 Å². The minimum Gasteiger partial charge on any atom is -0.383 e. The lowest BCUT2D eigenvalue weighted by molar-refractivity contribution is 0.0609. The second kappa shape index (κ2) is 3.86. The summed E-state index contributed by atoms with van der Waals surface area (Å²) in [5.74, 6) is 0.783. The molecule has 16 heavy (non-hydrogen) atoms. The second-order valence-electron chi connectivity index (χ2n) is 5.35. The van der Waals surface area contributed by atoms with Crippen LogP contribution in [0.15, 0.2) is 6.20 Å². The van der Waals surface area contributed by atoms with Gasteiger partial charge in [-0.15, -0.1) is 0 Å². The average Bonchev–Trinajstić information content (AvgIpc) is 2.58. The van der Waals surface area contributed by atoms with Gasteiger partial charge in [-0.3, -0.25) is 4.90 Å². The molecule has 0 saturated heterocycles. The maximum atomic E-state index is 10.0. The summed E-state index contributed by atoms with van der Waals surface area (Å²) in [6, 6.07) is 0.564. The van der Waals surface area contributed by atoms with Gasteiger partial charge in [-0.2, -0.15) is 0 Å². The van der Waals surface area contributed by atoms with Crippen LogP contribution in [0.3, 0.4) is 0 Å². The van der Waals surface area contributed by atoms with E-state index in [0.717, 1.165) is 25.5 Å². The summed E-state index contributed by atoms with van der Waals surface area (Å²) in [6.45, 7) is 10.9. The Labute approximate surface area is 96.9 Å². The number of hydrogen-bond acceptors (Lipinski definition) is 3. The third-order valence-corrected chi connectivity index (χ3v) is 3.19. The molecule has 1 aromatic rings. The van der Waals surface area contributed by atoms with Gasteiger partial charge in [-0.1, -0.05) is 0 Å². The molecule has 0 amide bonds. The SMILES string of the molecule is CC(C)N1CCn2c(cnc2C(C)(C)O)C1. The minimum atomic E-state index is -0.849. The molecule has 0 aliphatic carbocycles. The molecular formula is C12H21N3O. The van der Waals surface area contributed by atoms with Crippen molar-refractivity contribution in [2.24, 2.45) is 0 Å². The smallest absolute Gasteiger partial charge is 0.140 e. The van der Waals surface area contributed by atoms with Gasteiger partial charge < -0.3 is 9.67 Å². The molecular weight excluding hydrogens is 202 g/mol. The monoisotopic (exact) mass is 223 g/mol. The molecule has 90 valence electrons. The van der Waals surface area contributed by atoms with Crippen molar-refractivity contribution in [1.82, 2.24) is 14.5 Å². The highest BCUT2D eigenvalue weighted by atomic mass is 16.3. The van der Waals surface area contributed by atoms with Crippen molar-refractivity contribution in [1.29, 1.82) is 0 Å². The van der Waals surface area contributed by atoms with E-state index in [1.807, 2.05) is 6.20 Å². The van der Waals surface area contributed by atoms with Crippen LogP contribution in [0, 0.1) is 0 Å². The summed E-state index contributed by atoms with van der Waals surface area (Å²) in [6.07, 6.45) is 1.89. The predicted octanol–water partition coefficient (Wildman–Crippen LogP) is 1.33. The van der Waals surface area contributed by atoms with Crippen LogP contribution in [0.5, 0.6) is 0 Å². The van der Waals surface area contributed by atoms with E-state index in [-0.39, 0.29) is 0 Å². The molecule has 0 radical (unpaired) electrons. The highest BCUT2D eigenvalue weighted by molar-refractivity contribution is 5.12. The van der Waals surface area contributed by atoms with Crippen molar-refractivity contribution in [3.63, 3.8) is 0 Å². The van der Waals surface area contributed by atoms with Crippen molar-refractivity contribution in [3.8, 4) is 0 Å². The minimum absolute atomic E-state index is 0.564. The van der Waals surface area contributed by atoms with Crippen LogP contribution in [0.2, 0.25) is 0 Å². The van der Waals surface area contributed by atoms with Crippen molar-refractivity contribution in [3.05, 3.63) is 17.7 Å². The lowest BCUT2D eigenvalue weighted by Gasteiger charge is -2.33. The molecule has 1 aromatic heterocycles. The highest BCUT2D eigenvalue weighted by Gasteiger charge is 2.27. The fraction of sp³-hybridized carbons (Fsp3) is 0.750. The Morgan fingerprint density at radius 2 is 2.06 bits per heavy atom. The second-order valence-corrected chi connectivity index (χ2v) is 5.35. The topological polar surface area (TPSA) is 41.3 Å². The molecule has 1 N–H and O–H groups in total. The lowest BCUT2D eigenvalue weighted by Crippen LogP contribution is -2.39. The first-order valence-electron chi connectivity index (χ1n) is 5.91. The third-order valence-electron chi connectivity index (χ3n) is 3.19. The maximum Gasteiger partial charge on any atom is 0.140 e. The largest absolute Gasteiger partial charge is 0.383 e. The van der Waals surface area contributed by atoms with Crippen molar-refractivity contribution < 1.29 is 5.11 Å². The molecule has 0 unspecified atom stereocenters. The van der Waals surface area contributed by atoms with Crippen molar-refractivity contribution >= 4 is 0 Å². The Morgan fingerprint density at radius 1 is 1.38 bits per heavy atom. The van der Waals surface area contributed by atoms with Gasteiger partial charge in [0.25, 0.3) is 0 Å². The number of imidazole rings is 1. The molecule has 2 heterocycles. The normalized spacial score (nSPS) is 17.9. The molecule has 4 heteroatoms. The van der Waals surface area contributed by atoms with Gasteiger partial charge in [0.1, 0.15) is 11.4 Å². The van der Waals surface area contributed by atoms with Crippen LogP contribution in [0.1, 0.15) is 39.2 Å². The number of aromatic nitrogens is 2. The zero-order valence-electron chi connectivity index (χ0n) is 10.6. The Hall–Kier alpha value is -0.870. The first-order chi connectivity index (χ1) is 7.39. The lowest BCUT2D eigenvalue weighted by atomic mass is 10.1. The maximum absolute atomic E-state index is 10.0. The van der Waals surface area contributed by atoms with Gasteiger partial charge in [-0.25, -0.2) is 4.98 Å². The van der Waals surface area contributed by atoms with E-state index in [0.29, 0.717) is 6.04 Å². The third kappa shape index (κ3) is 1.99. The number of hydrogen-bond donors (Lipinski definition) is 1. The van der Waals surface area contributed by atoms with Crippen LogP contribution in [-0.2, 0) is 18.7 Å². The molecule has 1 aliphatic heterocycles. The van der Waals surface area contributed by atoms with Crippen LogP contribution in [-0.4, -0.2) is 32.1 Å². The zero-order chi connectivity index (χ0) is 11.9.